The van der Waals surface area contributed by atoms with Crippen LogP contribution in [-0.2, 0) is 10.0 Å². The molecule has 0 spiro atoms. The average Bonchev–Trinajstić information content (AvgIpc) is 3.08. The third-order valence-electron chi connectivity index (χ3n) is 5.86. The molecule has 0 saturated carbocycles. The molecule has 0 unspecified atom stereocenters. The summed E-state index contributed by atoms with van der Waals surface area (Å²) in [5.74, 6) is 0.778. The van der Waals surface area contributed by atoms with Crippen LogP contribution in [0.3, 0.4) is 0 Å². The summed E-state index contributed by atoms with van der Waals surface area (Å²) in [4.78, 5) is 0.348. The van der Waals surface area contributed by atoms with Crippen molar-refractivity contribution in [3.8, 4) is 16.9 Å². The summed E-state index contributed by atoms with van der Waals surface area (Å²) in [6, 6.07) is 21.3. The molecule has 0 atom stereocenters. The van der Waals surface area contributed by atoms with Crippen molar-refractivity contribution >= 4 is 42.6 Å². The van der Waals surface area contributed by atoms with Crippen LogP contribution in [0, 0.1) is 6.92 Å². The highest BCUT2D eigenvalue weighted by molar-refractivity contribution is 7.90. The Labute approximate surface area is 168 Å². The van der Waals surface area contributed by atoms with Gasteiger partial charge in [-0.05, 0) is 60.2 Å². The van der Waals surface area contributed by atoms with Gasteiger partial charge in [0, 0.05) is 21.9 Å². The lowest BCUT2D eigenvalue weighted by Crippen LogP contribution is -2.18. The second kappa shape index (κ2) is 5.39. The normalized spacial score (nSPS) is 14.4. The number of nitrogens with zero attached hydrogens (tertiary/aromatic N) is 1. The number of para-hydroxylation sites is 1. The van der Waals surface area contributed by atoms with Gasteiger partial charge in [-0.2, -0.15) is 0 Å². The van der Waals surface area contributed by atoms with Crippen LogP contribution in [0.4, 0.5) is 0 Å². The van der Waals surface area contributed by atoms with Gasteiger partial charge in [-0.15, -0.1) is 0 Å². The third kappa shape index (κ3) is 2.00. The van der Waals surface area contributed by atoms with E-state index in [9.17, 15) is 8.42 Å². The Balaban J connectivity index is 1.98. The molecule has 4 aromatic carbocycles. The van der Waals surface area contributed by atoms with E-state index in [4.69, 9.17) is 4.74 Å². The van der Waals surface area contributed by atoms with Gasteiger partial charge >= 0.3 is 0 Å². The van der Waals surface area contributed by atoms with Gasteiger partial charge in [0.25, 0.3) is 10.0 Å². The summed E-state index contributed by atoms with van der Waals surface area (Å²) < 4.78 is 34.3. The van der Waals surface area contributed by atoms with Gasteiger partial charge in [0.05, 0.1) is 23.0 Å². The van der Waals surface area contributed by atoms with Gasteiger partial charge in [-0.25, -0.2) is 12.4 Å². The standard InChI is InChI=1S/C24H17NO3S/c1-14-7-10-22-19(11-14)20-13-15-12-16(28-2)8-9-17(15)23-18-5-3-4-6-21(18)25(24(20)23)29(22,26)27/h3-13H,1-2H3. The Morgan fingerprint density at radius 1 is 0.862 bits per heavy atom. The number of methoxy groups -OCH3 is 1. The minimum absolute atomic E-state index is 0.348. The van der Waals surface area contributed by atoms with Gasteiger partial charge in [-0.3, -0.25) is 0 Å². The number of rotatable bonds is 1. The number of benzene rings is 4. The van der Waals surface area contributed by atoms with E-state index in [0.29, 0.717) is 10.4 Å². The lowest BCUT2D eigenvalue weighted by atomic mass is 9.95. The Kier molecular flexibility index (Phi) is 3.09. The van der Waals surface area contributed by atoms with Crippen LogP contribution in [0.25, 0.3) is 43.7 Å². The zero-order chi connectivity index (χ0) is 19.9. The van der Waals surface area contributed by atoms with Crippen LogP contribution in [0.1, 0.15) is 5.56 Å². The summed E-state index contributed by atoms with van der Waals surface area (Å²) in [5.41, 5.74) is 4.18. The molecule has 29 heavy (non-hydrogen) atoms. The molecule has 1 aliphatic rings. The molecule has 0 aliphatic carbocycles. The fourth-order valence-electron chi connectivity index (χ4n) is 4.60. The van der Waals surface area contributed by atoms with Crippen molar-refractivity contribution in [2.75, 3.05) is 7.11 Å². The molecule has 1 aliphatic heterocycles. The number of hydrogen-bond acceptors (Lipinski definition) is 3. The van der Waals surface area contributed by atoms with E-state index in [1.165, 1.54) is 3.97 Å². The van der Waals surface area contributed by atoms with Crippen LogP contribution in [0.5, 0.6) is 5.75 Å². The topological polar surface area (TPSA) is 48.3 Å². The molecule has 0 saturated heterocycles. The Morgan fingerprint density at radius 2 is 1.69 bits per heavy atom. The molecule has 5 heteroatoms. The molecular formula is C24H17NO3S. The maximum atomic E-state index is 13.6. The summed E-state index contributed by atoms with van der Waals surface area (Å²) in [7, 11) is -2.04. The van der Waals surface area contributed by atoms with E-state index < -0.39 is 10.0 Å². The smallest absolute Gasteiger partial charge is 0.269 e. The number of aromatic nitrogens is 1. The van der Waals surface area contributed by atoms with E-state index in [1.54, 1.807) is 13.2 Å². The van der Waals surface area contributed by atoms with Crippen LogP contribution >= 0.6 is 0 Å². The van der Waals surface area contributed by atoms with Crippen molar-refractivity contribution in [2.24, 2.45) is 0 Å². The maximum absolute atomic E-state index is 13.6. The van der Waals surface area contributed by atoms with E-state index in [0.717, 1.165) is 49.5 Å². The lowest BCUT2D eigenvalue weighted by molar-refractivity contribution is 0.415. The maximum Gasteiger partial charge on any atom is 0.269 e. The molecule has 1 aromatic heterocycles. The van der Waals surface area contributed by atoms with Gasteiger partial charge in [-0.1, -0.05) is 29.8 Å². The lowest BCUT2D eigenvalue weighted by Gasteiger charge is -2.22. The average molecular weight is 399 g/mol. The van der Waals surface area contributed by atoms with E-state index in [-0.39, 0.29) is 0 Å². The minimum atomic E-state index is -3.70. The summed E-state index contributed by atoms with van der Waals surface area (Å²) >= 11 is 0. The molecule has 6 rings (SSSR count). The number of ether oxygens (including phenoxy) is 1. The number of fused-ring (bicyclic) bond motifs is 7. The second-order valence-electron chi connectivity index (χ2n) is 7.52. The first-order chi connectivity index (χ1) is 14.0. The number of aryl methyl sites for hydroxylation is 1. The Bertz CT molecular complexity index is 1610. The zero-order valence-electron chi connectivity index (χ0n) is 15.9. The van der Waals surface area contributed by atoms with Crippen LogP contribution in [0.2, 0.25) is 0 Å². The quantitative estimate of drug-likeness (QED) is 0.368. The summed E-state index contributed by atoms with van der Waals surface area (Å²) in [6.45, 7) is 1.98. The minimum Gasteiger partial charge on any atom is -0.497 e. The Morgan fingerprint density at radius 3 is 2.52 bits per heavy atom. The molecule has 142 valence electrons. The SMILES string of the molecule is COc1ccc2c(c1)cc1c3c2c2ccccc2n3S(=O)(=O)c2ccc(C)cc2-1. The van der Waals surface area contributed by atoms with Gasteiger partial charge in [0.1, 0.15) is 5.75 Å². The predicted molar refractivity (Wildman–Crippen MR) is 116 cm³/mol. The highest BCUT2D eigenvalue weighted by Crippen LogP contribution is 2.47. The molecule has 0 bridgehead atoms. The van der Waals surface area contributed by atoms with Gasteiger partial charge in [0.15, 0.2) is 0 Å². The summed E-state index contributed by atoms with van der Waals surface area (Å²) in [6.07, 6.45) is 0. The Hall–Kier alpha value is -3.31. The van der Waals surface area contributed by atoms with Gasteiger partial charge < -0.3 is 4.74 Å². The molecule has 0 fully saturated rings. The predicted octanol–water partition coefficient (Wildman–Crippen LogP) is 5.48. The van der Waals surface area contributed by atoms with Crippen molar-refractivity contribution in [2.45, 2.75) is 11.8 Å². The van der Waals surface area contributed by atoms with Crippen LogP contribution in [0.15, 0.2) is 71.6 Å². The second-order valence-corrected chi connectivity index (χ2v) is 9.28. The number of hydrogen-bond donors (Lipinski definition) is 0. The van der Waals surface area contributed by atoms with Crippen molar-refractivity contribution in [3.05, 3.63) is 72.3 Å². The molecule has 5 aromatic rings. The molecule has 4 nitrogen and oxygen atoms in total. The zero-order valence-corrected chi connectivity index (χ0v) is 16.7. The molecule has 2 heterocycles. The molecular weight excluding hydrogens is 382 g/mol. The highest BCUT2D eigenvalue weighted by Gasteiger charge is 2.33. The van der Waals surface area contributed by atoms with Crippen molar-refractivity contribution in [1.82, 2.24) is 3.97 Å². The third-order valence-corrected chi connectivity index (χ3v) is 7.63. The first kappa shape index (κ1) is 16.6. The van der Waals surface area contributed by atoms with Crippen molar-refractivity contribution in [1.29, 1.82) is 0 Å². The largest absolute Gasteiger partial charge is 0.497 e. The van der Waals surface area contributed by atoms with E-state index in [1.807, 2.05) is 61.5 Å². The van der Waals surface area contributed by atoms with E-state index in [2.05, 4.69) is 6.07 Å². The molecule has 0 radical (unpaired) electrons. The van der Waals surface area contributed by atoms with Gasteiger partial charge in [0.2, 0.25) is 0 Å². The monoisotopic (exact) mass is 399 g/mol. The molecule has 0 N–H and O–H groups in total. The van der Waals surface area contributed by atoms with Crippen molar-refractivity contribution in [3.63, 3.8) is 0 Å². The van der Waals surface area contributed by atoms with Crippen molar-refractivity contribution < 1.29 is 13.2 Å². The molecule has 0 amide bonds. The fourth-order valence-corrected chi connectivity index (χ4v) is 6.33. The van der Waals surface area contributed by atoms with Crippen LogP contribution in [-0.4, -0.2) is 19.5 Å². The summed E-state index contributed by atoms with van der Waals surface area (Å²) in [5, 5.41) is 3.95. The fraction of sp³-hybridized carbons (Fsp3) is 0.0833. The first-order valence-corrected chi connectivity index (χ1v) is 10.9. The highest BCUT2D eigenvalue weighted by atomic mass is 32.2. The van der Waals surface area contributed by atoms with E-state index >= 15 is 0 Å². The first-order valence-electron chi connectivity index (χ1n) is 9.41. The van der Waals surface area contributed by atoms with Crippen LogP contribution < -0.4 is 4.74 Å².